The number of hydrogen-bond acceptors (Lipinski definition) is 3. The molecule has 1 N–H and O–H groups in total. The van der Waals surface area contributed by atoms with Crippen LogP contribution in [0.3, 0.4) is 0 Å². The van der Waals surface area contributed by atoms with Gasteiger partial charge in [-0.1, -0.05) is 35.0 Å². The number of aryl methyl sites for hydroxylation is 1. The normalized spacial score (nSPS) is 12.4. The first kappa shape index (κ1) is 13.2. The highest BCUT2D eigenvalue weighted by molar-refractivity contribution is 9.10. The van der Waals surface area contributed by atoms with E-state index in [1.165, 1.54) is 11.1 Å². The molecule has 1 unspecified atom stereocenters. The fourth-order valence-electron chi connectivity index (χ4n) is 1.88. The lowest BCUT2D eigenvalue weighted by molar-refractivity contribution is 0.625. The minimum absolute atomic E-state index is 0.132. The van der Waals surface area contributed by atoms with Crippen LogP contribution in [0.25, 0.3) is 0 Å². The first-order valence-electron chi connectivity index (χ1n) is 5.96. The Morgan fingerprint density at radius 3 is 2.56 bits per heavy atom. The molecule has 0 aliphatic carbocycles. The van der Waals surface area contributed by atoms with Gasteiger partial charge in [0, 0.05) is 22.4 Å². The molecule has 0 radical (unpaired) electrons. The molecule has 3 nitrogen and oxygen atoms in total. The molecule has 18 heavy (non-hydrogen) atoms. The Hall–Kier alpha value is -1.26. The number of nitrogens with one attached hydrogen (secondary N) is 1. The summed E-state index contributed by atoms with van der Waals surface area (Å²) in [6.07, 6.45) is 5.26. The zero-order valence-corrected chi connectivity index (χ0v) is 12.1. The van der Waals surface area contributed by atoms with Crippen molar-refractivity contribution in [2.45, 2.75) is 19.9 Å². The number of halogens is 1. The number of hydrogen-bond donors (Lipinski definition) is 1. The number of nitrogens with zero attached hydrogens (tertiary/aromatic N) is 2. The zero-order valence-electron chi connectivity index (χ0n) is 10.5. The zero-order chi connectivity index (χ0) is 13.0. The highest BCUT2D eigenvalue weighted by Gasteiger charge is 2.14. The molecular formula is C14H16BrN3. The van der Waals surface area contributed by atoms with Gasteiger partial charge in [-0.25, -0.2) is 9.97 Å². The van der Waals surface area contributed by atoms with Gasteiger partial charge < -0.3 is 5.32 Å². The van der Waals surface area contributed by atoms with Gasteiger partial charge in [0.15, 0.2) is 0 Å². The molecule has 2 rings (SSSR count). The molecule has 1 atom stereocenters. The van der Waals surface area contributed by atoms with E-state index in [9.17, 15) is 0 Å². The molecule has 0 fully saturated rings. The van der Waals surface area contributed by atoms with Crippen molar-refractivity contribution in [2.24, 2.45) is 0 Å². The van der Waals surface area contributed by atoms with Crippen LogP contribution in [0.15, 0.2) is 41.4 Å². The lowest BCUT2D eigenvalue weighted by Crippen LogP contribution is -2.22. The lowest BCUT2D eigenvalue weighted by Gasteiger charge is -2.18. The monoisotopic (exact) mass is 305 g/mol. The van der Waals surface area contributed by atoms with Gasteiger partial charge in [-0.15, -0.1) is 0 Å². The van der Waals surface area contributed by atoms with Gasteiger partial charge in [-0.2, -0.15) is 0 Å². The van der Waals surface area contributed by atoms with Crippen LogP contribution >= 0.6 is 15.9 Å². The van der Waals surface area contributed by atoms with Crippen molar-refractivity contribution < 1.29 is 0 Å². The molecule has 0 spiro atoms. The minimum atomic E-state index is 0.132. The van der Waals surface area contributed by atoms with E-state index < -0.39 is 0 Å². The Morgan fingerprint density at radius 1 is 1.22 bits per heavy atom. The molecule has 4 heteroatoms. The van der Waals surface area contributed by atoms with Gasteiger partial charge in [0.2, 0.25) is 0 Å². The van der Waals surface area contributed by atoms with Crippen molar-refractivity contribution in [3.8, 4) is 0 Å². The Bertz CT molecular complexity index is 514. The van der Waals surface area contributed by atoms with Crippen LogP contribution in [0, 0.1) is 6.92 Å². The number of rotatable bonds is 4. The van der Waals surface area contributed by atoms with Gasteiger partial charge in [-0.05, 0) is 30.7 Å². The second-order valence-electron chi connectivity index (χ2n) is 4.17. The quantitative estimate of drug-likeness (QED) is 0.942. The fraction of sp³-hybridized carbons (Fsp3) is 0.286. The van der Waals surface area contributed by atoms with E-state index in [4.69, 9.17) is 0 Å². The van der Waals surface area contributed by atoms with Crippen LogP contribution in [-0.2, 0) is 0 Å². The van der Waals surface area contributed by atoms with Crippen LogP contribution in [-0.4, -0.2) is 16.5 Å². The summed E-state index contributed by atoms with van der Waals surface area (Å²) in [6.45, 7) is 5.08. The van der Waals surface area contributed by atoms with Crippen molar-refractivity contribution in [2.75, 3.05) is 6.54 Å². The van der Waals surface area contributed by atoms with Crippen LogP contribution < -0.4 is 5.32 Å². The third-order valence-corrected chi connectivity index (χ3v) is 3.71. The van der Waals surface area contributed by atoms with E-state index in [1.54, 1.807) is 6.33 Å². The van der Waals surface area contributed by atoms with Gasteiger partial charge in [0.05, 0.1) is 6.04 Å². The smallest absolute Gasteiger partial charge is 0.115 e. The summed E-state index contributed by atoms with van der Waals surface area (Å²) in [4.78, 5) is 8.18. The maximum absolute atomic E-state index is 4.09. The second kappa shape index (κ2) is 6.07. The van der Waals surface area contributed by atoms with Crippen LogP contribution in [0.2, 0.25) is 0 Å². The molecule has 94 valence electrons. The first-order valence-corrected chi connectivity index (χ1v) is 6.76. The third kappa shape index (κ3) is 2.94. The summed E-state index contributed by atoms with van der Waals surface area (Å²) >= 11 is 3.58. The molecule has 0 saturated heterocycles. The van der Waals surface area contributed by atoms with Gasteiger partial charge >= 0.3 is 0 Å². The van der Waals surface area contributed by atoms with Gasteiger partial charge in [0.25, 0.3) is 0 Å². The molecule has 1 aromatic carbocycles. The maximum atomic E-state index is 4.09. The summed E-state index contributed by atoms with van der Waals surface area (Å²) in [5, 5.41) is 3.46. The van der Waals surface area contributed by atoms with E-state index in [2.05, 4.69) is 63.3 Å². The predicted molar refractivity (Wildman–Crippen MR) is 76.4 cm³/mol. The summed E-state index contributed by atoms with van der Waals surface area (Å²) in [6, 6.07) is 6.54. The second-order valence-corrected chi connectivity index (χ2v) is 5.03. The van der Waals surface area contributed by atoms with E-state index in [0.29, 0.717) is 0 Å². The third-order valence-electron chi connectivity index (χ3n) is 2.85. The SMILES string of the molecule is CCNC(c1cncnc1)c1ccc(C)c(Br)c1. The van der Waals surface area contributed by atoms with Crippen LogP contribution in [0.4, 0.5) is 0 Å². The van der Waals surface area contributed by atoms with Gasteiger partial charge in [0.1, 0.15) is 6.33 Å². The van der Waals surface area contributed by atoms with Crippen molar-refractivity contribution in [1.29, 1.82) is 0 Å². The number of aromatic nitrogens is 2. The molecule has 1 aromatic heterocycles. The average Bonchev–Trinajstić information content (AvgIpc) is 2.40. The Balaban J connectivity index is 2.38. The van der Waals surface area contributed by atoms with E-state index in [-0.39, 0.29) is 6.04 Å². The van der Waals surface area contributed by atoms with Gasteiger partial charge in [-0.3, -0.25) is 0 Å². The first-order chi connectivity index (χ1) is 8.72. The van der Waals surface area contributed by atoms with E-state index in [0.717, 1.165) is 16.6 Å². The minimum Gasteiger partial charge on any atom is -0.306 e. The van der Waals surface area contributed by atoms with Crippen molar-refractivity contribution in [1.82, 2.24) is 15.3 Å². The predicted octanol–water partition coefficient (Wildman–Crippen LogP) is 3.25. The fourth-order valence-corrected chi connectivity index (χ4v) is 2.28. The molecule has 0 amide bonds. The van der Waals surface area contributed by atoms with E-state index in [1.807, 2.05) is 12.4 Å². The Morgan fingerprint density at radius 2 is 1.94 bits per heavy atom. The Labute approximate surface area is 116 Å². The molecule has 0 bridgehead atoms. The lowest BCUT2D eigenvalue weighted by atomic mass is 10.00. The standard InChI is InChI=1S/C14H16BrN3/c1-3-18-14(12-7-16-9-17-8-12)11-5-4-10(2)13(15)6-11/h4-9,14,18H,3H2,1-2H3. The molecule has 0 saturated carbocycles. The topological polar surface area (TPSA) is 37.8 Å². The molecule has 1 heterocycles. The number of benzene rings is 1. The van der Waals surface area contributed by atoms with Crippen LogP contribution in [0.5, 0.6) is 0 Å². The van der Waals surface area contributed by atoms with Crippen molar-refractivity contribution in [3.05, 3.63) is 58.1 Å². The van der Waals surface area contributed by atoms with Crippen LogP contribution in [0.1, 0.15) is 29.7 Å². The average molecular weight is 306 g/mol. The van der Waals surface area contributed by atoms with E-state index >= 15 is 0 Å². The Kier molecular flexibility index (Phi) is 4.44. The highest BCUT2D eigenvalue weighted by Crippen LogP contribution is 2.25. The van der Waals surface area contributed by atoms with Crippen molar-refractivity contribution >= 4 is 15.9 Å². The summed E-state index contributed by atoms with van der Waals surface area (Å²) in [5.74, 6) is 0. The summed E-state index contributed by atoms with van der Waals surface area (Å²) in [5.41, 5.74) is 3.53. The summed E-state index contributed by atoms with van der Waals surface area (Å²) < 4.78 is 1.12. The molecule has 2 aromatic rings. The molecule has 0 aliphatic heterocycles. The highest BCUT2D eigenvalue weighted by atomic mass is 79.9. The molecular weight excluding hydrogens is 290 g/mol. The largest absolute Gasteiger partial charge is 0.306 e. The maximum Gasteiger partial charge on any atom is 0.115 e. The summed E-state index contributed by atoms with van der Waals surface area (Å²) in [7, 11) is 0. The van der Waals surface area contributed by atoms with Crippen molar-refractivity contribution in [3.63, 3.8) is 0 Å². The molecule has 0 aliphatic rings.